The average Bonchev–Trinajstić information content (AvgIpc) is 3.00. The molecule has 2 rings (SSSR count). The first-order chi connectivity index (χ1) is 11.6. The molecule has 0 atom stereocenters. The molecule has 25 heavy (non-hydrogen) atoms. The average molecular weight is 431 g/mol. The van der Waals surface area contributed by atoms with Crippen molar-refractivity contribution < 1.29 is 14.0 Å². The first kappa shape index (κ1) is 21.2. The number of halogens is 2. The lowest BCUT2D eigenvalue weighted by molar-refractivity contribution is -0.120. The number of hydrogen-bond donors (Lipinski definition) is 3. The normalized spacial score (nSPS) is 10.0. The van der Waals surface area contributed by atoms with Crippen LogP contribution in [0.5, 0.6) is 0 Å². The largest absolute Gasteiger partial charge is 0.444 e. The highest BCUT2D eigenvalue weighted by Crippen LogP contribution is 2.16. The molecule has 0 saturated carbocycles. The highest BCUT2D eigenvalue weighted by atomic mass is 79.9. The lowest BCUT2D eigenvalue weighted by Crippen LogP contribution is -2.32. The number of likely N-dealkylation sites (N-methyl/N-ethyl adjacent to an activating group) is 1. The number of benzene rings is 1. The standard InChI is InChI=1S/C17H20BrN3O3.ClH/c1-2-19-9-10-20-16(22)11-12-3-5-13(6-4-12)21-17(23)14-7-8-15(18)24-14;/h3-8,19H,2,9-11H2,1H3,(H,20,22)(H,21,23);1H. The number of amides is 2. The Bertz CT molecular complexity index is 689. The van der Waals surface area contributed by atoms with Gasteiger partial charge >= 0.3 is 0 Å². The molecule has 0 aliphatic heterocycles. The Morgan fingerprint density at radius 3 is 2.40 bits per heavy atom. The molecule has 2 amide bonds. The van der Waals surface area contributed by atoms with E-state index in [0.29, 0.717) is 23.3 Å². The summed E-state index contributed by atoms with van der Waals surface area (Å²) in [5, 5.41) is 8.73. The molecule has 1 heterocycles. The van der Waals surface area contributed by atoms with E-state index < -0.39 is 0 Å². The third kappa shape index (κ3) is 7.29. The van der Waals surface area contributed by atoms with Crippen LogP contribution in [-0.4, -0.2) is 31.4 Å². The Kier molecular flexibility index (Phi) is 9.26. The Morgan fingerprint density at radius 2 is 1.80 bits per heavy atom. The van der Waals surface area contributed by atoms with Crippen LogP contribution in [0, 0.1) is 0 Å². The van der Waals surface area contributed by atoms with Gasteiger partial charge in [0.05, 0.1) is 6.42 Å². The number of hydrogen-bond acceptors (Lipinski definition) is 4. The summed E-state index contributed by atoms with van der Waals surface area (Å²) in [6.07, 6.45) is 0.311. The van der Waals surface area contributed by atoms with Crippen molar-refractivity contribution in [3.63, 3.8) is 0 Å². The van der Waals surface area contributed by atoms with Crippen LogP contribution in [0.25, 0.3) is 0 Å². The van der Waals surface area contributed by atoms with Gasteiger partial charge in [-0.1, -0.05) is 19.1 Å². The predicted molar refractivity (Wildman–Crippen MR) is 103 cm³/mol. The van der Waals surface area contributed by atoms with Crippen LogP contribution in [0.15, 0.2) is 45.5 Å². The van der Waals surface area contributed by atoms with Gasteiger partial charge in [-0.15, -0.1) is 12.4 Å². The van der Waals surface area contributed by atoms with E-state index in [-0.39, 0.29) is 30.0 Å². The van der Waals surface area contributed by atoms with E-state index in [1.165, 1.54) is 0 Å². The summed E-state index contributed by atoms with van der Waals surface area (Å²) in [6.45, 7) is 4.28. The molecule has 8 heteroatoms. The van der Waals surface area contributed by atoms with Crippen LogP contribution < -0.4 is 16.0 Å². The van der Waals surface area contributed by atoms with E-state index in [1.807, 2.05) is 19.1 Å². The smallest absolute Gasteiger partial charge is 0.291 e. The molecule has 0 unspecified atom stereocenters. The SMILES string of the molecule is CCNCCNC(=O)Cc1ccc(NC(=O)c2ccc(Br)o2)cc1.Cl. The summed E-state index contributed by atoms with van der Waals surface area (Å²) >= 11 is 3.16. The van der Waals surface area contributed by atoms with E-state index in [4.69, 9.17) is 4.42 Å². The molecule has 0 aliphatic carbocycles. The molecule has 0 fully saturated rings. The van der Waals surface area contributed by atoms with E-state index >= 15 is 0 Å². The van der Waals surface area contributed by atoms with Crippen LogP contribution in [0.4, 0.5) is 5.69 Å². The van der Waals surface area contributed by atoms with Crippen LogP contribution >= 0.6 is 28.3 Å². The second-order valence-corrected chi connectivity index (χ2v) is 5.92. The van der Waals surface area contributed by atoms with E-state index in [1.54, 1.807) is 24.3 Å². The Balaban J connectivity index is 0.00000312. The van der Waals surface area contributed by atoms with Gasteiger partial charge in [-0.05, 0) is 52.3 Å². The van der Waals surface area contributed by atoms with Gasteiger partial charge < -0.3 is 20.4 Å². The maximum atomic E-state index is 12.0. The van der Waals surface area contributed by atoms with Gasteiger partial charge in [-0.3, -0.25) is 9.59 Å². The van der Waals surface area contributed by atoms with Gasteiger partial charge in [0.1, 0.15) is 0 Å². The van der Waals surface area contributed by atoms with Crippen molar-refractivity contribution in [1.82, 2.24) is 10.6 Å². The van der Waals surface area contributed by atoms with E-state index in [2.05, 4.69) is 31.9 Å². The number of carbonyl (C=O) groups excluding carboxylic acids is 2. The quantitative estimate of drug-likeness (QED) is 0.562. The van der Waals surface area contributed by atoms with E-state index in [0.717, 1.165) is 18.7 Å². The fraction of sp³-hybridized carbons (Fsp3) is 0.294. The van der Waals surface area contributed by atoms with Gasteiger partial charge in [0.15, 0.2) is 10.4 Å². The van der Waals surface area contributed by atoms with Crippen molar-refractivity contribution >= 4 is 45.8 Å². The third-order valence-corrected chi connectivity index (χ3v) is 3.67. The fourth-order valence-electron chi connectivity index (χ4n) is 2.05. The van der Waals surface area contributed by atoms with Crippen molar-refractivity contribution in [3.05, 3.63) is 52.4 Å². The summed E-state index contributed by atoms with van der Waals surface area (Å²) < 4.78 is 5.70. The molecule has 0 saturated heterocycles. The summed E-state index contributed by atoms with van der Waals surface area (Å²) in [6, 6.07) is 10.4. The van der Waals surface area contributed by atoms with Crippen molar-refractivity contribution in [2.75, 3.05) is 25.0 Å². The highest BCUT2D eigenvalue weighted by Gasteiger charge is 2.10. The number of carbonyl (C=O) groups is 2. The molecular formula is C17H21BrClN3O3. The third-order valence-electron chi connectivity index (χ3n) is 3.25. The Morgan fingerprint density at radius 1 is 1.08 bits per heavy atom. The van der Waals surface area contributed by atoms with Gasteiger partial charge in [0.2, 0.25) is 5.91 Å². The molecular weight excluding hydrogens is 410 g/mol. The lowest BCUT2D eigenvalue weighted by atomic mass is 10.1. The lowest BCUT2D eigenvalue weighted by Gasteiger charge is -2.07. The fourth-order valence-corrected chi connectivity index (χ4v) is 2.36. The Labute approximate surface area is 161 Å². The summed E-state index contributed by atoms with van der Waals surface area (Å²) in [4.78, 5) is 23.8. The number of nitrogens with one attached hydrogen (secondary N) is 3. The topological polar surface area (TPSA) is 83.4 Å². The minimum Gasteiger partial charge on any atom is -0.444 e. The van der Waals surface area contributed by atoms with Crippen LogP contribution in [0.3, 0.4) is 0 Å². The van der Waals surface area contributed by atoms with Gasteiger partial charge in [0.25, 0.3) is 5.91 Å². The molecule has 1 aromatic heterocycles. The van der Waals surface area contributed by atoms with Crippen molar-refractivity contribution in [1.29, 1.82) is 0 Å². The van der Waals surface area contributed by atoms with Crippen molar-refractivity contribution in [2.24, 2.45) is 0 Å². The number of furan rings is 1. The molecule has 0 bridgehead atoms. The van der Waals surface area contributed by atoms with Crippen molar-refractivity contribution in [2.45, 2.75) is 13.3 Å². The Hall–Kier alpha value is -1.83. The molecule has 0 radical (unpaired) electrons. The minimum absolute atomic E-state index is 0. The van der Waals surface area contributed by atoms with Gasteiger partial charge in [-0.2, -0.15) is 0 Å². The summed E-state index contributed by atoms with van der Waals surface area (Å²) in [5.41, 5.74) is 1.53. The molecule has 2 aromatic rings. The second-order valence-electron chi connectivity index (χ2n) is 5.14. The van der Waals surface area contributed by atoms with E-state index in [9.17, 15) is 9.59 Å². The predicted octanol–water partition coefficient (Wildman–Crippen LogP) is 2.98. The molecule has 3 N–H and O–H groups in total. The second kappa shape index (κ2) is 10.9. The van der Waals surface area contributed by atoms with Crippen LogP contribution in [0.2, 0.25) is 0 Å². The molecule has 136 valence electrons. The summed E-state index contributed by atoms with van der Waals surface area (Å²) in [7, 11) is 0. The zero-order valence-corrected chi connectivity index (χ0v) is 16.2. The molecule has 1 aromatic carbocycles. The zero-order chi connectivity index (χ0) is 17.4. The van der Waals surface area contributed by atoms with Crippen molar-refractivity contribution in [3.8, 4) is 0 Å². The maximum absolute atomic E-state index is 12.0. The minimum atomic E-state index is -0.324. The number of anilines is 1. The zero-order valence-electron chi connectivity index (χ0n) is 13.8. The van der Waals surface area contributed by atoms with Crippen LogP contribution in [-0.2, 0) is 11.2 Å². The molecule has 6 nitrogen and oxygen atoms in total. The highest BCUT2D eigenvalue weighted by molar-refractivity contribution is 9.10. The first-order valence-corrected chi connectivity index (χ1v) is 8.51. The molecule has 0 aliphatic rings. The van der Waals surface area contributed by atoms with Crippen LogP contribution in [0.1, 0.15) is 23.0 Å². The number of rotatable bonds is 8. The monoisotopic (exact) mass is 429 g/mol. The molecule has 0 spiro atoms. The van der Waals surface area contributed by atoms with Gasteiger partial charge in [-0.25, -0.2) is 0 Å². The maximum Gasteiger partial charge on any atom is 0.291 e. The van der Waals surface area contributed by atoms with Gasteiger partial charge in [0, 0.05) is 18.8 Å². The first-order valence-electron chi connectivity index (χ1n) is 7.71. The summed E-state index contributed by atoms with van der Waals surface area (Å²) in [5.74, 6) is -0.120.